The summed E-state index contributed by atoms with van der Waals surface area (Å²) in [5, 5.41) is 10.5. The van der Waals surface area contributed by atoms with Crippen LogP contribution >= 0.6 is 0 Å². The summed E-state index contributed by atoms with van der Waals surface area (Å²) < 4.78 is 4.98. The van der Waals surface area contributed by atoms with Crippen molar-refractivity contribution in [2.24, 2.45) is 0 Å². The fourth-order valence-corrected chi connectivity index (χ4v) is 1.63. The number of carbonyl (C=O) groups excluding carboxylic acids is 1. The van der Waals surface area contributed by atoms with Gasteiger partial charge >= 0.3 is 0 Å². The van der Waals surface area contributed by atoms with Gasteiger partial charge in [0, 0.05) is 31.4 Å². The molecule has 0 heterocycles. The quantitative estimate of drug-likeness (QED) is 0.407. The van der Waals surface area contributed by atoms with Crippen molar-refractivity contribution >= 4 is 11.5 Å². The highest BCUT2D eigenvalue weighted by molar-refractivity contribution is 5.97. The molecule has 0 saturated heterocycles. The van der Waals surface area contributed by atoms with Crippen LogP contribution in [0.4, 0.5) is 5.69 Å². The van der Waals surface area contributed by atoms with Gasteiger partial charge in [-0.05, 0) is 18.7 Å². The van der Waals surface area contributed by atoms with E-state index in [9.17, 15) is 14.9 Å². The predicted octanol–water partition coefficient (Wildman–Crippen LogP) is 1.75. The zero-order valence-electron chi connectivity index (χ0n) is 11.2. The highest BCUT2D eigenvalue weighted by atomic mass is 16.6. The molecule has 104 valence electrons. The van der Waals surface area contributed by atoms with Crippen LogP contribution in [0.25, 0.3) is 0 Å². The number of hydrogen-bond donors (Lipinski definition) is 0. The molecule has 0 radical (unpaired) electrons. The van der Waals surface area contributed by atoms with Gasteiger partial charge in [-0.1, -0.05) is 6.92 Å². The standard InChI is InChI=1S/C13H18N2O4/c1-3-14(8-9-19-2)10-13(16)11-4-6-12(7-5-11)15(17)18/h4-7H,3,8-10H2,1-2H3. The topological polar surface area (TPSA) is 72.7 Å². The fourth-order valence-electron chi connectivity index (χ4n) is 1.63. The molecule has 0 spiro atoms. The predicted molar refractivity (Wildman–Crippen MR) is 71.4 cm³/mol. The number of Topliss-reactive ketones (excluding diaryl/α,β-unsaturated/α-hetero) is 1. The number of nitrogens with zero attached hydrogens (tertiary/aromatic N) is 2. The summed E-state index contributed by atoms with van der Waals surface area (Å²) >= 11 is 0. The summed E-state index contributed by atoms with van der Waals surface area (Å²) in [6.07, 6.45) is 0. The van der Waals surface area contributed by atoms with Gasteiger partial charge in [-0.3, -0.25) is 19.8 Å². The van der Waals surface area contributed by atoms with E-state index in [1.165, 1.54) is 24.3 Å². The van der Waals surface area contributed by atoms with Gasteiger partial charge in [0.15, 0.2) is 5.78 Å². The van der Waals surface area contributed by atoms with Crippen molar-refractivity contribution in [3.8, 4) is 0 Å². The lowest BCUT2D eigenvalue weighted by molar-refractivity contribution is -0.384. The molecule has 1 aromatic carbocycles. The average molecular weight is 266 g/mol. The third-order valence-corrected chi connectivity index (χ3v) is 2.83. The molecule has 0 aliphatic heterocycles. The summed E-state index contributed by atoms with van der Waals surface area (Å²) in [7, 11) is 1.62. The molecule has 1 rings (SSSR count). The first-order valence-corrected chi connectivity index (χ1v) is 6.07. The Labute approximate surface area is 112 Å². The number of ketones is 1. The summed E-state index contributed by atoms with van der Waals surface area (Å²) in [5.74, 6) is -0.0483. The van der Waals surface area contributed by atoms with Gasteiger partial charge in [-0.2, -0.15) is 0 Å². The van der Waals surface area contributed by atoms with Crippen molar-refractivity contribution in [3.63, 3.8) is 0 Å². The minimum Gasteiger partial charge on any atom is -0.383 e. The minimum atomic E-state index is -0.481. The van der Waals surface area contributed by atoms with Crippen LogP contribution in [-0.4, -0.2) is 49.0 Å². The second kappa shape index (κ2) is 7.60. The first-order valence-electron chi connectivity index (χ1n) is 6.07. The number of nitro benzene ring substituents is 1. The van der Waals surface area contributed by atoms with Crippen molar-refractivity contribution in [1.29, 1.82) is 0 Å². The average Bonchev–Trinajstić information content (AvgIpc) is 2.43. The molecule has 0 N–H and O–H groups in total. The molecule has 0 aliphatic carbocycles. The van der Waals surface area contributed by atoms with Crippen molar-refractivity contribution in [2.75, 3.05) is 33.4 Å². The Morgan fingerprint density at radius 3 is 2.47 bits per heavy atom. The van der Waals surface area contributed by atoms with Gasteiger partial charge in [-0.15, -0.1) is 0 Å². The van der Waals surface area contributed by atoms with E-state index < -0.39 is 4.92 Å². The van der Waals surface area contributed by atoms with Gasteiger partial charge in [0.25, 0.3) is 5.69 Å². The number of nitro groups is 1. The molecule has 19 heavy (non-hydrogen) atoms. The lowest BCUT2D eigenvalue weighted by Gasteiger charge is -2.18. The first kappa shape index (κ1) is 15.3. The van der Waals surface area contributed by atoms with E-state index in [1.54, 1.807) is 7.11 Å². The van der Waals surface area contributed by atoms with Crippen LogP contribution < -0.4 is 0 Å². The highest BCUT2D eigenvalue weighted by Crippen LogP contribution is 2.12. The van der Waals surface area contributed by atoms with Crippen LogP contribution in [0.15, 0.2) is 24.3 Å². The van der Waals surface area contributed by atoms with Crippen molar-refractivity contribution < 1.29 is 14.5 Å². The van der Waals surface area contributed by atoms with E-state index >= 15 is 0 Å². The molecule has 0 aliphatic rings. The monoisotopic (exact) mass is 266 g/mol. The lowest BCUT2D eigenvalue weighted by Crippen LogP contribution is -2.32. The van der Waals surface area contributed by atoms with E-state index in [0.717, 1.165) is 6.54 Å². The van der Waals surface area contributed by atoms with Crippen LogP contribution in [-0.2, 0) is 4.74 Å². The molecule has 0 fully saturated rings. The van der Waals surface area contributed by atoms with Gasteiger partial charge in [0.2, 0.25) is 0 Å². The Morgan fingerprint density at radius 1 is 1.37 bits per heavy atom. The number of non-ortho nitro benzene ring substituents is 1. The third kappa shape index (κ3) is 4.76. The summed E-state index contributed by atoms with van der Waals surface area (Å²) in [4.78, 5) is 24.0. The van der Waals surface area contributed by atoms with Crippen LogP contribution in [0.1, 0.15) is 17.3 Å². The van der Waals surface area contributed by atoms with Crippen LogP contribution in [0.2, 0.25) is 0 Å². The Morgan fingerprint density at radius 2 is 2.00 bits per heavy atom. The van der Waals surface area contributed by atoms with Gasteiger partial charge in [-0.25, -0.2) is 0 Å². The lowest BCUT2D eigenvalue weighted by atomic mass is 10.1. The zero-order chi connectivity index (χ0) is 14.3. The molecule has 0 aromatic heterocycles. The molecule has 1 aromatic rings. The highest BCUT2D eigenvalue weighted by Gasteiger charge is 2.12. The molecule has 6 heteroatoms. The molecule has 0 saturated carbocycles. The van der Waals surface area contributed by atoms with E-state index in [0.29, 0.717) is 18.7 Å². The smallest absolute Gasteiger partial charge is 0.269 e. The maximum Gasteiger partial charge on any atom is 0.269 e. The third-order valence-electron chi connectivity index (χ3n) is 2.83. The summed E-state index contributed by atoms with van der Waals surface area (Å²) in [5.41, 5.74) is 0.477. The Hall–Kier alpha value is -1.79. The number of benzene rings is 1. The molecule has 0 atom stereocenters. The molecular formula is C13H18N2O4. The Balaban J connectivity index is 2.63. The van der Waals surface area contributed by atoms with Crippen molar-refractivity contribution in [3.05, 3.63) is 39.9 Å². The van der Waals surface area contributed by atoms with Crippen molar-refractivity contribution in [1.82, 2.24) is 4.90 Å². The van der Waals surface area contributed by atoms with E-state index in [4.69, 9.17) is 4.74 Å². The van der Waals surface area contributed by atoms with E-state index in [1.807, 2.05) is 11.8 Å². The largest absolute Gasteiger partial charge is 0.383 e. The Bertz CT molecular complexity index is 431. The minimum absolute atomic E-state index is 0.0109. The van der Waals surface area contributed by atoms with Gasteiger partial charge in [0.05, 0.1) is 18.1 Å². The number of carbonyl (C=O) groups is 1. The Kier molecular flexibility index (Phi) is 6.11. The van der Waals surface area contributed by atoms with Crippen LogP contribution in [0.5, 0.6) is 0 Å². The maximum atomic E-state index is 12.0. The SMILES string of the molecule is CCN(CCOC)CC(=O)c1ccc([N+](=O)[O-])cc1. The fraction of sp³-hybridized carbons (Fsp3) is 0.462. The van der Waals surface area contributed by atoms with Crippen LogP contribution in [0, 0.1) is 10.1 Å². The van der Waals surface area contributed by atoms with Crippen LogP contribution in [0.3, 0.4) is 0 Å². The molecule has 6 nitrogen and oxygen atoms in total. The maximum absolute atomic E-state index is 12.0. The summed E-state index contributed by atoms with van der Waals surface area (Å²) in [6, 6.07) is 5.67. The van der Waals surface area contributed by atoms with E-state index in [-0.39, 0.29) is 18.0 Å². The number of likely N-dealkylation sites (N-methyl/N-ethyl adjacent to an activating group) is 1. The molecule has 0 bridgehead atoms. The first-order chi connectivity index (χ1) is 9.08. The summed E-state index contributed by atoms with van der Waals surface area (Å²) in [6.45, 7) is 4.27. The second-order valence-corrected chi connectivity index (χ2v) is 4.09. The number of hydrogen-bond acceptors (Lipinski definition) is 5. The van der Waals surface area contributed by atoms with Gasteiger partial charge in [0.1, 0.15) is 0 Å². The molecular weight excluding hydrogens is 248 g/mol. The zero-order valence-corrected chi connectivity index (χ0v) is 11.2. The number of rotatable bonds is 8. The second-order valence-electron chi connectivity index (χ2n) is 4.09. The van der Waals surface area contributed by atoms with Crippen molar-refractivity contribution in [2.45, 2.75) is 6.92 Å². The van der Waals surface area contributed by atoms with E-state index in [2.05, 4.69) is 0 Å². The molecule has 0 amide bonds. The number of methoxy groups -OCH3 is 1. The number of ether oxygens (including phenoxy) is 1. The molecule has 0 unspecified atom stereocenters. The normalized spacial score (nSPS) is 10.7. The van der Waals surface area contributed by atoms with Gasteiger partial charge < -0.3 is 4.74 Å².